The van der Waals surface area contributed by atoms with Crippen LogP contribution in [0.5, 0.6) is 0 Å². The third-order valence-electron chi connectivity index (χ3n) is 6.06. The molecule has 38 heavy (non-hydrogen) atoms. The van der Waals surface area contributed by atoms with Gasteiger partial charge in [-0.1, -0.05) is 11.2 Å². The number of hydrogen-bond donors (Lipinski definition) is 2. The molecule has 2 amide bonds. The second kappa shape index (κ2) is 10.1. The van der Waals surface area contributed by atoms with Crippen LogP contribution in [0.2, 0.25) is 0 Å². The number of nitrogen functional groups attached to an aromatic ring is 1. The van der Waals surface area contributed by atoms with Crippen LogP contribution >= 0.6 is 23.1 Å². The Kier molecular flexibility index (Phi) is 6.74. The predicted octanol–water partition coefficient (Wildman–Crippen LogP) is -1.21. The largest absolute Gasteiger partial charge is 0.543 e. The van der Waals surface area contributed by atoms with Crippen molar-refractivity contribution in [3.8, 4) is 6.07 Å². The molecule has 0 radical (unpaired) electrons. The number of rotatable bonds is 8. The maximum absolute atomic E-state index is 13.1. The number of amides is 2. The Morgan fingerprint density at radius 3 is 2.95 bits per heavy atom. The number of anilines is 1. The molecule has 1 saturated heterocycles. The van der Waals surface area contributed by atoms with Gasteiger partial charge in [0, 0.05) is 22.8 Å². The number of aromatic nitrogens is 3. The van der Waals surface area contributed by atoms with E-state index in [1.54, 1.807) is 6.20 Å². The van der Waals surface area contributed by atoms with E-state index in [1.165, 1.54) is 24.3 Å². The number of nitrogens with two attached hydrogens (primary N) is 1. The average molecular weight is 553 g/mol. The number of hydrogen-bond acceptors (Lipinski definition) is 11. The molecule has 0 spiro atoms. The van der Waals surface area contributed by atoms with Crippen LogP contribution in [0.3, 0.4) is 0 Å². The third kappa shape index (κ3) is 4.33. The summed E-state index contributed by atoms with van der Waals surface area (Å²) < 4.78 is 3.69. The zero-order chi connectivity index (χ0) is 27.0. The highest BCUT2D eigenvalue weighted by atomic mass is 32.2. The van der Waals surface area contributed by atoms with Crippen molar-refractivity contribution in [1.82, 2.24) is 19.8 Å². The Balaban J connectivity index is 1.39. The minimum absolute atomic E-state index is 0.158. The molecule has 5 heterocycles. The monoisotopic (exact) mass is 552 g/mol. The first kappa shape index (κ1) is 25.2. The molecule has 3 N–H and O–H groups in total. The fraction of sp³-hybridized carbons (Fsp3) is 0.261. The lowest BCUT2D eigenvalue weighted by atomic mass is 10.0. The molecule has 194 valence electrons. The smallest absolute Gasteiger partial charge is 0.286 e. The van der Waals surface area contributed by atoms with Crippen molar-refractivity contribution < 1.29 is 28.7 Å². The van der Waals surface area contributed by atoms with E-state index in [0.717, 1.165) is 27.6 Å². The van der Waals surface area contributed by atoms with Crippen LogP contribution in [0.1, 0.15) is 11.4 Å². The van der Waals surface area contributed by atoms with Crippen molar-refractivity contribution in [2.24, 2.45) is 5.16 Å². The molecule has 2 atom stereocenters. The molecular weight excluding hydrogens is 532 g/mol. The Morgan fingerprint density at radius 2 is 2.26 bits per heavy atom. The fourth-order valence-electron chi connectivity index (χ4n) is 4.46. The summed E-state index contributed by atoms with van der Waals surface area (Å²) in [6, 6.07) is 6.68. The minimum Gasteiger partial charge on any atom is -0.543 e. The van der Waals surface area contributed by atoms with Crippen LogP contribution in [0.4, 0.5) is 5.13 Å². The van der Waals surface area contributed by atoms with Gasteiger partial charge < -0.3 is 25.8 Å². The maximum atomic E-state index is 13.1. The lowest BCUT2D eigenvalue weighted by Crippen LogP contribution is -2.71. The van der Waals surface area contributed by atoms with Crippen molar-refractivity contribution in [1.29, 1.82) is 5.26 Å². The number of oxime groups is 1. The van der Waals surface area contributed by atoms with Gasteiger partial charge >= 0.3 is 0 Å². The van der Waals surface area contributed by atoms with Crippen molar-refractivity contribution >= 4 is 57.4 Å². The molecule has 2 aliphatic heterocycles. The standard InChI is InChI=1S/C23H20N8O5S2/c1-36-28-16(14-11-38-23(25)26-14)19(32)27-17-20(33)31-18(22(34)35)12(10-37-21(17)31)8-29-9-13(5-6-24)30-7-3-2-4-15(29)30/h2-4,7,9,11,17,21H,5,8,10H2,1H3,(H3-,25,26,27,32,34,35)/b28-16-/t17-,21-/m1/s1. The Bertz CT molecular complexity index is 1570. The van der Waals surface area contributed by atoms with E-state index in [-0.39, 0.29) is 41.0 Å². The highest BCUT2D eigenvalue weighted by molar-refractivity contribution is 8.00. The first-order chi connectivity index (χ1) is 18.3. The topological polar surface area (TPSA) is 183 Å². The average Bonchev–Trinajstić information content (AvgIpc) is 3.49. The predicted molar refractivity (Wildman–Crippen MR) is 134 cm³/mol. The van der Waals surface area contributed by atoms with Crippen molar-refractivity contribution in [3.63, 3.8) is 0 Å². The summed E-state index contributed by atoms with van der Waals surface area (Å²) in [5, 5.41) is 28.8. The van der Waals surface area contributed by atoms with Gasteiger partial charge in [-0.15, -0.1) is 23.1 Å². The highest BCUT2D eigenvalue weighted by Crippen LogP contribution is 2.40. The number of nitrogens with one attached hydrogen (secondary N) is 1. The lowest BCUT2D eigenvalue weighted by Gasteiger charge is -2.50. The number of thiazole rings is 1. The Labute approximate surface area is 223 Å². The van der Waals surface area contributed by atoms with Gasteiger partial charge in [0.2, 0.25) is 0 Å². The number of aliphatic carboxylic acids is 1. The van der Waals surface area contributed by atoms with Gasteiger partial charge in [-0.05, 0) is 6.07 Å². The number of β-lactam (4-membered cyclic amide) rings is 1. The molecule has 0 bridgehead atoms. The van der Waals surface area contributed by atoms with E-state index in [4.69, 9.17) is 10.6 Å². The van der Waals surface area contributed by atoms with Gasteiger partial charge in [0.05, 0.1) is 23.9 Å². The van der Waals surface area contributed by atoms with Crippen molar-refractivity contribution in [3.05, 3.63) is 58.6 Å². The van der Waals surface area contributed by atoms with Crippen LogP contribution in [0.15, 0.2) is 52.4 Å². The lowest BCUT2D eigenvalue weighted by molar-refractivity contribution is -0.519. The molecule has 0 aliphatic carbocycles. The van der Waals surface area contributed by atoms with Crippen LogP contribution < -0.4 is 20.6 Å². The van der Waals surface area contributed by atoms with E-state index in [1.807, 2.05) is 33.4 Å². The number of carboxylic acid groups (broad SMARTS) is 1. The van der Waals surface area contributed by atoms with E-state index < -0.39 is 29.2 Å². The molecule has 0 aromatic carbocycles. The number of carbonyl (C=O) groups is 3. The summed E-state index contributed by atoms with van der Waals surface area (Å²) in [6.07, 6.45) is 3.79. The second-order valence-corrected chi connectivity index (χ2v) is 10.3. The van der Waals surface area contributed by atoms with Crippen LogP contribution in [-0.4, -0.2) is 62.2 Å². The number of carbonyl (C=O) groups excluding carboxylic acids is 3. The van der Waals surface area contributed by atoms with E-state index in [2.05, 4.69) is 21.5 Å². The van der Waals surface area contributed by atoms with Gasteiger partial charge in [0.25, 0.3) is 17.5 Å². The summed E-state index contributed by atoms with van der Waals surface area (Å²) in [4.78, 5) is 48.1. The van der Waals surface area contributed by atoms with E-state index >= 15 is 0 Å². The zero-order valence-corrected chi connectivity index (χ0v) is 21.5. The van der Waals surface area contributed by atoms with Gasteiger partial charge in [-0.3, -0.25) is 14.5 Å². The number of pyridine rings is 1. The second-order valence-electron chi connectivity index (χ2n) is 8.31. The van der Waals surface area contributed by atoms with Crippen molar-refractivity contribution in [2.75, 3.05) is 18.6 Å². The van der Waals surface area contributed by atoms with Crippen LogP contribution in [0.25, 0.3) is 5.65 Å². The number of thioether (sulfide) groups is 1. The quantitative estimate of drug-likeness (QED) is 0.150. The van der Waals surface area contributed by atoms with Gasteiger partial charge in [-0.25, -0.2) is 9.55 Å². The number of nitriles is 1. The first-order valence-electron chi connectivity index (χ1n) is 11.2. The summed E-state index contributed by atoms with van der Waals surface area (Å²) in [5.74, 6) is -2.49. The zero-order valence-electron chi connectivity index (χ0n) is 19.9. The van der Waals surface area contributed by atoms with Gasteiger partial charge in [0.15, 0.2) is 16.5 Å². The molecule has 1 fully saturated rings. The Hall–Kier alpha value is -4.42. The molecular formula is C23H20N8O5S2. The number of fused-ring (bicyclic) bond motifs is 2. The van der Waals surface area contributed by atoms with Crippen molar-refractivity contribution in [2.45, 2.75) is 24.4 Å². The first-order valence-corrected chi connectivity index (χ1v) is 13.1. The molecule has 0 saturated carbocycles. The molecule has 5 rings (SSSR count). The summed E-state index contributed by atoms with van der Waals surface area (Å²) in [6.45, 7) is 0.179. The summed E-state index contributed by atoms with van der Waals surface area (Å²) in [5.41, 5.74) is 7.46. The van der Waals surface area contributed by atoms with Crippen LogP contribution in [-0.2, 0) is 32.2 Å². The molecule has 2 aliphatic rings. The number of imidazole rings is 1. The van der Waals surface area contributed by atoms with Gasteiger partial charge in [0.1, 0.15) is 43.4 Å². The molecule has 3 aromatic rings. The van der Waals surface area contributed by atoms with Gasteiger partial charge in [-0.2, -0.15) is 9.66 Å². The number of nitrogens with zero attached hydrogens (tertiary/aromatic N) is 6. The van der Waals surface area contributed by atoms with E-state index in [0.29, 0.717) is 5.57 Å². The maximum Gasteiger partial charge on any atom is 0.286 e. The summed E-state index contributed by atoms with van der Waals surface area (Å²) in [7, 11) is 1.27. The summed E-state index contributed by atoms with van der Waals surface area (Å²) >= 11 is 2.44. The third-order valence-corrected chi connectivity index (χ3v) is 8.07. The fourth-order valence-corrected chi connectivity index (χ4v) is 6.34. The molecule has 3 aromatic heterocycles. The number of carboxylic acids is 1. The Morgan fingerprint density at radius 1 is 1.45 bits per heavy atom. The SMILES string of the molecule is CO/N=C(\C(=O)N[C@@H]1C(=O)N2C(C(=O)[O-])=C(Cn3cc(CC#N)[n+]4ccccc34)CS[C@H]12)c1csc(N)n1. The normalized spacial score (nSPS) is 19.1. The van der Waals surface area contributed by atoms with E-state index in [9.17, 15) is 24.8 Å². The minimum atomic E-state index is -1.48. The van der Waals surface area contributed by atoms with Crippen LogP contribution in [0, 0.1) is 11.3 Å². The molecule has 0 unspecified atom stereocenters. The molecule has 13 nitrogen and oxygen atoms in total. The highest BCUT2D eigenvalue weighted by Gasteiger charge is 2.53. The molecule has 15 heteroatoms.